The van der Waals surface area contributed by atoms with E-state index in [0.717, 1.165) is 6.61 Å². The van der Waals surface area contributed by atoms with Crippen molar-refractivity contribution < 1.29 is 9.47 Å². The first-order valence-electron chi connectivity index (χ1n) is 5.19. The van der Waals surface area contributed by atoms with Gasteiger partial charge in [0.05, 0.1) is 19.3 Å². The maximum atomic E-state index is 5.66. The van der Waals surface area contributed by atoms with E-state index >= 15 is 0 Å². The van der Waals surface area contributed by atoms with Gasteiger partial charge in [0.15, 0.2) is 0 Å². The second-order valence-corrected chi connectivity index (χ2v) is 3.50. The van der Waals surface area contributed by atoms with Gasteiger partial charge in [0.2, 0.25) is 0 Å². The van der Waals surface area contributed by atoms with E-state index in [2.05, 4.69) is 11.8 Å². The van der Waals surface area contributed by atoms with Gasteiger partial charge in [-0.2, -0.15) is 0 Å². The second kappa shape index (κ2) is 6.35. The molecule has 0 bridgehead atoms. The van der Waals surface area contributed by atoms with Crippen LogP contribution in [0.1, 0.15) is 19.8 Å². The van der Waals surface area contributed by atoms with E-state index in [0.29, 0.717) is 12.7 Å². The summed E-state index contributed by atoms with van der Waals surface area (Å²) in [5.74, 6) is 0. The molecule has 1 aliphatic rings. The van der Waals surface area contributed by atoms with Crippen molar-refractivity contribution in [2.24, 2.45) is 0 Å². The number of piperidine rings is 1. The maximum Gasteiger partial charge on any atom is 0.0704 e. The number of methoxy groups -OCH3 is 1. The predicted molar refractivity (Wildman–Crippen MR) is 53.0 cm³/mol. The Hall–Kier alpha value is -0.120. The fourth-order valence-corrected chi connectivity index (χ4v) is 1.69. The van der Waals surface area contributed by atoms with E-state index in [1.807, 2.05) is 0 Å². The summed E-state index contributed by atoms with van der Waals surface area (Å²) in [6, 6.07) is 0. The number of rotatable bonds is 5. The Morgan fingerprint density at radius 2 is 1.92 bits per heavy atom. The number of hydrogen-bond acceptors (Lipinski definition) is 3. The van der Waals surface area contributed by atoms with Gasteiger partial charge in [0.25, 0.3) is 0 Å². The molecule has 3 nitrogen and oxygen atoms in total. The molecule has 0 amide bonds. The van der Waals surface area contributed by atoms with Crippen molar-refractivity contribution in [3.63, 3.8) is 0 Å². The van der Waals surface area contributed by atoms with Crippen molar-refractivity contribution in [1.82, 2.24) is 4.90 Å². The quantitative estimate of drug-likeness (QED) is 0.602. The summed E-state index contributed by atoms with van der Waals surface area (Å²) in [6.07, 6.45) is 2.83. The zero-order valence-electron chi connectivity index (χ0n) is 8.79. The van der Waals surface area contributed by atoms with Crippen LogP contribution in [0.25, 0.3) is 0 Å². The summed E-state index contributed by atoms with van der Waals surface area (Å²) >= 11 is 0. The zero-order chi connectivity index (χ0) is 9.52. The standard InChI is InChI=1S/C10H21NO2/c1-3-11-6-4-10(5-7-11)13-9-8-12-2/h10H,3-9H2,1-2H3. The first-order chi connectivity index (χ1) is 6.36. The van der Waals surface area contributed by atoms with Crippen molar-refractivity contribution in [2.75, 3.05) is 40.0 Å². The topological polar surface area (TPSA) is 21.7 Å². The van der Waals surface area contributed by atoms with Crippen LogP contribution < -0.4 is 0 Å². The molecule has 78 valence electrons. The summed E-state index contributed by atoms with van der Waals surface area (Å²) in [4.78, 5) is 2.47. The molecule has 1 rings (SSSR count). The second-order valence-electron chi connectivity index (χ2n) is 3.50. The Bertz CT molecular complexity index is 119. The Kier molecular flexibility index (Phi) is 5.35. The number of ether oxygens (including phenoxy) is 2. The fraction of sp³-hybridized carbons (Fsp3) is 1.00. The predicted octanol–water partition coefficient (Wildman–Crippen LogP) is 1.13. The highest BCUT2D eigenvalue weighted by molar-refractivity contribution is 4.71. The highest BCUT2D eigenvalue weighted by Gasteiger charge is 2.17. The molecule has 13 heavy (non-hydrogen) atoms. The van der Waals surface area contributed by atoms with Crippen LogP contribution in [0.2, 0.25) is 0 Å². The lowest BCUT2D eigenvalue weighted by molar-refractivity contribution is -0.0138. The van der Waals surface area contributed by atoms with Gasteiger partial charge in [-0.15, -0.1) is 0 Å². The summed E-state index contributed by atoms with van der Waals surface area (Å²) in [5, 5.41) is 0. The molecule has 1 heterocycles. The van der Waals surface area contributed by atoms with Gasteiger partial charge >= 0.3 is 0 Å². The Labute approximate surface area is 81.0 Å². The van der Waals surface area contributed by atoms with Crippen LogP contribution in [0.15, 0.2) is 0 Å². The molecule has 1 saturated heterocycles. The average Bonchev–Trinajstić information content (AvgIpc) is 2.19. The van der Waals surface area contributed by atoms with Gasteiger partial charge in [0.1, 0.15) is 0 Å². The molecule has 3 heteroatoms. The molecule has 0 radical (unpaired) electrons. The summed E-state index contributed by atoms with van der Waals surface area (Å²) in [6.45, 7) is 7.22. The van der Waals surface area contributed by atoms with E-state index in [9.17, 15) is 0 Å². The third-order valence-electron chi connectivity index (χ3n) is 2.62. The Morgan fingerprint density at radius 1 is 1.23 bits per heavy atom. The minimum Gasteiger partial charge on any atom is -0.382 e. The van der Waals surface area contributed by atoms with E-state index < -0.39 is 0 Å². The highest BCUT2D eigenvalue weighted by Crippen LogP contribution is 2.12. The lowest BCUT2D eigenvalue weighted by Crippen LogP contribution is -2.37. The van der Waals surface area contributed by atoms with E-state index in [1.54, 1.807) is 7.11 Å². The molecule has 0 saturated carbocycles. The van der Waals surface area contributed by atoms with Crippen LogP contribution >= 0.6 is 0 Å². The van der Waals surface area contributed by atoms with Gasteiger partial charge in [-0.1, -0.05) is 6.92 Å². The number of likely N-dealkylation sites (tertiary alicyclic amines) is 1. The van der Waals surface area contributed by atoms with Gasteiger partial charge in [0, 0.05) is 20.2 Å². The van der Waals surface area contributed by atoms with Crippen molar-refractivity contribution in [2.45, 2.75) is 25.9 Å². The van der Waals surface area contributed by atoms with Crippen LogP contribution in [0, 0.1) is 0 Å². The first-order valence-corrected chi connectivity index (χ1v) is 5.19. The van der Waals surface area contributed by atoms with Gasteiger partial charge < -0.3 is 14.4 Å². The van der Waals surface area contributed by atoms with E-state index in [1.165, 1.54) is 32.5 Å². The molecule has 0 unspecified atom stereocenters. The van der Waals surface area contributed by atoms with Crippen LogP contribution in [-0.4, -0.2) is 51.0 Å². The smallest absolute Gasteiger partial charge is 0.0704 e. The van der Waals surface area contributed by atoms with Crippen LogP contribution in [0.4, 0.5) is 0 Å². The van der Waals surface area contributed by atoms with Crippen molar-refractivity contribution in [3.05, 3.63) is 0 Å². The lowest BCUT2D eigenvalue weighted by Gasteiger charge is -2.30. The lowest BCUT2D eigenvalue weighted by atomic mass is 10.1. The summed E-state index contributed by atoms with van der Waals surface area (Å²) in [7, 11) is 1.71. The zero-order valence-corrected chi connectivity index (χ0v) is 8.79. The van der Waals surface area contributed by atoms with Crippen LogP contribution in [0.5, 0.6) is 0 Å². The summed E-state index contributed by atoms with van der Waals surface area (Å²) < 4.78 is 10.6. The van der Waals surface area contributed by atoms with Crippen molar-refractivity contribution in [1.29, 1.82) is 0 Å². The molecule has 0 aromatic carbocycles. The monoisotopic (exact) mass is 187 g/mol. The van der Waals surface area contributed by atoms with Gasteiger partial charge in [-0.25, -0.2) is 0 Å². The van der Waals surface area contributed by atoms with Crippen molar-refractivity contribution in [3.8, 4) is 0 Å². The van der Waals surface area contributed by atoms with E-state index in [-0.39, 0.29) is 0 Å². The van der Waals surface area contributed by atoms with E-state index in [4.69, 9.17) is 9.47 Å². The molecule has 0 spiro atoms. The minimum absolute atomic E-state index is 0.470. The third-order valence-corrected chi connectivity index (χ3v) is 2.62. The highest BCUT2D eigenvalue weighted by atomic mass is 16.5. The van der Waals surface area contributed by atoms with Gasteiger partial charge in [-0.05, 0) is 19.4 Å². The normalized spacial score (nSPS) is 20.8. The largest absolute Gasteiger partial charge is 0.382 e. The Morgan fingerprint density at radius 3 is 2.46 bits per heavy atom. The molecule has 1 aliphatic heterocycles. The molecular formula is C10H21NO2. The number of nitrogens with zero attached hydrogens (tertiary/aromatic N) is 1. The molecule has 0 aliphatic carbocycles. The maximum absolute atomic E-state index is 5.66. The van der Waals surface area contributed by atoms with Crippen molar-refractivity contribution >= 4 is 0 Å². The first kappa shape index (κ1) is 11.0. The molecule has 0 aromatic rings. The molecule has 0 atom stereocenters. The fourth-order valence-electron chi connectivity index (χ4n) is 1.69. The SMILES string of the molecule is CCN1CCC(OCCOC)CC1. The molecule has 0 aromatic heterocycles. The summed E-state index contributed by atoms with van der Waals surface area (Å²) in [5.41, 5.74) is 0. The van der Waals surface area contributed by atoms with Crippen LogP contribution in [0.3, 0.4) is 0 Å². The molecular weight excluding hydrogens is 166 g/mol. The average molecular weight is 187 g/mol. The Balaban J connectivity index is 2.03. The molecule has 1 fully saturated rings. The van der Waals surface area contributed by atoms with Gasteiger partial charge in [-0.3, -0.25) is 0 Å². The molecule has 0 N–H and O–H groups in total. The number of hydrogen-bond donors (Lipinski definition) is 0. The van der Waals surface area contributed by atoms with Crippen LogP contribution in [-0.2, 0) is 9.47 Å². The third kappa shape index (κ3) is 4.07. The minimum atomic E-state index is 0.470.